The maximum absolute atomic E-state index is 2.22. The van der Waals surface area contributed by atoms with Crippen molar-refractivity contribution in [2.45, 2.75) is 20.3 Å². The van der Waals surface area contributed by atoms with E-state index in [1.807, 2.05) is 0 Å². The number of hydrogen-bond donors (Lipinski definition) is 0. The fourth-order valence-electron chi connectivity index (χ4n) is 0.847. The van der Waals surface area contributed by atoms with E-state index >= 15 is 0 Å². The van der Waals surface area contributed by atoms with Crippen molar-refractivity contribution in [1.82, 2.24) is 0 Å². The zero-order valence-corrected chi connectivity index (χ0v) is 5.44. The van der Waals surface area contributed by atoms with E-state index in [0.717, 1.165) is 6.42 Å². The van der Waals surface area contributed by atoms with E-state index in [1.165, 1.54) is 11.1 Å². The van der Waals surface area contributed by atoms with Gasteiger partial charge in [0.2, 0.25) is 0 Å². The normalized spacial score (nSPS) is 17.2. The van der Waals surface area contributed by atoms with Crippen LogP contribution in [0.4, 0.5) is 0 Å². The Bertz CT molecular complexity index is 138. The summed E-state index contributed by atoms with van der Waals surface area (Å²) in [6, 6.07) is 0. The van der Waals surface area contributed by atoms with Crippen LogP contribution in [0.1, 0.15) is 20.3 Å². The second-order valence-electron chi connectivity index (χ2n) is 2.15. The van der Waals surface area contributed by atoms with E-state index in [2.05, 4.69) is 32.4 Å². The molecule has 0 nitrogen and oxygen atoms in total. The quantitative estimate of drug-likeness (QED) is 0.451. The first-order chi connectivity index (χ1) is 3.83. The molecule has 0 saturated heterocycles. The lowest BCUT2D eigenvalue weighted by Crippen LogP contribution is -1.70. The van der Waals surface area contributed by atoms with Gasteiger partial charge in [-0.05, 0) is 6.42 Å². The summed E-state index contributed by atoms with van der Waals surface area (Å²) in [5.41, 5.74) is 2.82. The lowest BCUT2D eigenvalue weighted by Gasteiger charge is -1.80. The molecule has 1 aliphatic rings. The van der Waals surface area contributed by atoms with Gasteiger partial charge in [-0.15, -0.1) is 0 Å². The van der Waals surface area contributed by atoms with Gasteiger partial charge in [-0.3, -0.25) is 0 Å². The fourth-order valence-corrected chi connectivity index (χ4v) is 0.847. The first-order valence-electron chi connectivity index (χ1n) is 3.05. The molecule has 0 bridgehead atoms. The lowest BCUT2D eigenvalue weighted by atomic mass is 10.2. The predicted octanol–water partition coefficient (Wildman–Crippen LogP) is 2.49. The van der Waals surface area contributed by atoms with Gasteiger partial charge < -0.3 is 0 Å². The smallest absolute Gasteiger partial charge is 0.0589 e. The Kier molecular flexibility index (Phi) is 1.43. The minimum Gasteiger partial charge on any atom is -0.0589 e. The van der Waals surface area contributed by atoms with Crippen molar-refractivity contribution in [3.8, 4) is 0 Å². The summed E-state index contributed by atoms with van der Waals surface area (Å²) in [6.45, 7) is 4.30. The SMILES string of the molecule is CCC1=CC(C)=C[CH+]1. The van der Waals surface area contributed by atoms with Crippen molar-refractivity contribution in [3.05, 3.63) is 29.7 Å². The summed E-state index contributed by atoms with van der Waals surface area (Å²) in [4.78, 5) is 0. The molecular weight excluding hydrogens is 96.1 g/mol. The fraction of sp³-hybridized carbons (Fsp3) is 0.375. The molecule has 0 saturated carbocycles. The topological polar surface area (TPSA) is 0 Å². The second kappa shape index (κ2) is 2.08. The van der Waals surface area contributed by atoms with Crippen molar-refractivity contribution in [3.63, 3.8) is 0 Å². The largest absolute Gasteiger partial charge is 0.0904 e. The molecule has 0 aliphatic heterocycles. The predicted molar refractivity (Wildman–Crippen MR) is 36.4 cm³/mol. The molecule has 1 rings (SSSR count). The second-order valence-corrected chi connectivity index (χ2v) is 2.15. The van der Waals surface area contributed by atoms with E-state index < -0.39 is 0 Å². The Morgan fingerprint density at radius 3 is 2.62 bits per heavy atom. The molecule has 0 unspecified atom stereocenters. The molecule has 0 radical (unpaired) electrons. The molecule has 0 amide bonds. The third-order valence-electron chi connectivity index (χ3n) is 1.38. The molecule has 0 heterocycles. The van der Waals surface area contributed by atoms with Gasteiger partial charge in [-0.1, -0.05) is 6.92 Å². The van der Waals surface area contributed by atoms with Crippen LogP contribution in [0.15, 0.2) is 23.3 Å². The van der Waals surface area contributed by atoms with Gasteiger partial charge in [-0.2, -0.15) is 0 Å². The highest BCUT2D eigenvalue weighted by atomic mass is 14.0. The van der Waals surface area contributed by atoms with E-state index in [1.54, 1.807) is 0 Å². The highest BCUT2D eigenvalue weighted by Crippen LogP contribution is 2.17. The molecule has 0 aromatic rings. The molecule has 1 aliphatic carbocycles. The van der Waals surface area contributed by atoms with Crippen LogP contribution >= 0.6 is 0 Å². The van der Waals surface area contributed by atoms with Gasteiger partial charge in [0.05, 0.1) is 23.3 Å². The molecule has 0 aromatic heterocycles. The average Bonchev–Trinajstić information content (AvgIpc) is 2.14. The first-order valence-corrected chi connectivity index (χ1v) is 3.05. The van der Waals surface area contributed by atoms with Crippen molar-refractivity contribution < 1.29 is 0 Å². The van der Waals surface area contributed by atoms with E-state index in [-0.39, 0.29) is 0 Å². The Hall–Kier alpha value is -0.650. The van der Waals surface area contributed by atoms with Gasteiger partial charge in [0.1, 0.15) is 0 Å². The molecule has 0 N–H and O–H groups in total. The standard InChI is InChI=1S/C8H11/c1-3-8-5-4-7(2)6-8/h4-6H,3H2,1-2H3/q+1. The van der Waals surface area contributed by atoms with Crippen molar-refractivity contribution >= 4 is 0 Å². The van der Waals surface area contributed by atoms with Crippen LogP contribution in [0, 0.1) is 6.42 Å². The highest BCUT2D eigenvalue weighted by molar-refractivity contribution is 5.39. The van der Waals surface area contributed by atoms with Crippen molar-refractivity contribution in [2.75, 3.05) is 0 Å². The summed E-state index contributed by atoms with van der Waals surface area (Å²) in [7, 11) is 0. The summed E-state index contributed by atoms with van der Waals surface area (Å²) >= 11 is 0. The average molecular weight is 107 g/mol. The zero-order chi connectivity index (χ0) is 5.98. The van der Waals surface area contributed by atoms with Crippen LogP contribution in [0.5, 0.6) is 0 Å². The van der Waals surface area contributed by atoms with E-state index in [4.69, 9.17) is 0 Å². The zero-order valence-electron chi connectivity index (χ0n) is 5.44. The Morgan fingerprint density at radius 1 is 1.62 bits per heavy atom. The lowest BCUT2D eigenvalue weighted by molar-refractivity contribution is 1.13. The van der Waals surface area contributed by atoms with E-state index in [9.17, 15) is 0 Å². The van der Waals surface area contributed by atoms with E-state index in [0.29, 0.717) is 0 Å². The minimum absolute atomic E-state index is 1.16. The third-order valence-corrected chi connectivity index (χ3v) is 1.38. The van der Waals surface area contributed by atoms with Gasteiger partial charge in [0.15, 0.2) is 0 Å². The van der Waals surface area contributed by atoms with Crippen LogP contribution in [-0.4, -0.2) is 0 Å². The molecule has 42 valence electrons. The summed E-state index contributed by atoms with van der Waals surface area (Å²) in [5, 5.41) is 0. The third kappa shape index (κ3) is 0.945. The Morgan fingerprint density at radius 2 is 2.38 bits per heavy atom. The molecule has 0 aromatic carbocycles. The monoisotopic (exact) mass is 107 g/mol. The summed E-state index contributed by atoms with van der Waals surface area (Å²) in [5.74, 6) is 0. The van der Waals surface area contributed by atoms with Gasteiger partial charge in [-0.25, -0.2) is 0 Å². The maximum Gasteiger partial charge on any atom is 0.0904 e. The van der Waals surface area contributed by atoms with Crippen LogP contribution in [0.3, 0.4) is 0 Å². The number of hydrogen-bond acceptors (Lipinski definition) is 0. The molecule has 0 spiro atoms. The maximum atomic E-state index is 2.22. The minimum atomic E-state index is 1.16. The summed E-state index contributed by atoms with van der Waals surface area (Å²) < 4.78 is 0. The molecule has 0 fully saturated rings. The number of allylic oxidation sites excluding steroid dienone is 4. The molecule has 0 heteroatoms. The Balaban J connectivity index is 2.56. The van der Waals surface area contributed by atoms with Gasteiger partial charge in [0.25, 0.3) is 0 Å². The van der Waals surface area contributed by atoms with Crippen LogP contribution in [0.25, 0.3) is 0 Å². The molecule has 8 heavy (non-hydrogen) atoms. The van der Waals surface area contributed by atoms with Crippen molar-refractivity contribution in [1.29, 1.82) is 0 Å². The summed E-state index contributed by atoms with van der Waals surface area (Å²) in [6.07, 6.45) is 7.71. The highest BCUT2D eigenvalue weighted by Gasteiger charge is 2.09. The Labute approximate surface area is 50.9 Å². The first kappa shape index (κ1) is 5.49. The van der Waals surface area contributed by atoms with Crippen LogP contribution in [-0.2, 0) is 0 Å². The van der Waals surface area contributed by atoms with Crippen molar-refractivity contribution in [2.24, 2.45) is 0 Å². The molecular formula is C8H11+. The van der Waals surface area contributed by atoms with Crippen LogP contribution in [0.2, 0.25) is 0 Å². The number of rotatable bonds is 1. The van der Waals surface area contributed by atoms with Crippen LogP contribution < -0.4 is 0 Å². The van der Waals surface area contributed by atoms with Gasteiger partial charge >= 0.3 is 0 Å². The van der Waals surface area contributed by atoms with Gasteiger partial charge in [0, 0.05) is 13.3 Å². The molecule has 0 atom stereocenters.